The van der Waals surface area contributed by atoms with Crippen LogP contribution in [0.25, 0.3) is 0 Å². The maximum Gasteiger partial charge on any atom is 0.306 e. The van der Waals surface area contributed by atoms with E-state index in [1.165, 1.54) is 77.0 Å². The molecule has 10 nitrogen and oxygen atoms in total. The Labute approximate surface area is 276 Å². The number of fused-ring (bicyclic) bond motifs is 20. The predicted molar refractivity (Wildman–Crippen MR) is 164 cm³/mol. The zero-order valence-electron chi connectivity index (χ0n) is 26.1. The van der Waals surface area contributed by atoms with Gasteiger partial charge in [0.05, 0.1) is 55.2 Å². The average molecular weight is 787 g/mol. The topological polar surface area (TPSA) is 134 Å². The summed E-state index contributed by atoms with van der Waals surface area (Å²) in [6, 6.07) is 0. The Hall–Kier alpha value is -0.214. The Morgan fingerprint density at radius 2 is 0.659 bits per heavy atom. The molecule has 0 aromatic rings. The van der Waals surface area contributed by atoms with E-state index in [-0.39, 0.29) is 56.3 Å². The largest absolute Gasteiger partial charge is 0.481 e. The second kappa shape index (κ2) is 12.7. The van der Waals surface area contributed by atoms with E-state index in [1.54, 1.807) is 0 Å². The van der Waals surface area contributed by atoms with E-state index in [9.17, 15) is 9.90 Å². The molecule has 17 unspecified atom stereocenters. The van der Waals surface area contributed by atoms with Gasteiger partial charge in [0, 0.05) is 25.7 Å². The first kappa shape index (κ1) is 31.1. The Bertz CT molecular complexity index is 1050. The molecule has 5 aliphatic heterocycles. The molecule has 9 N–H and O–H groups in total. The molecule has 9 rings (SSSR count). The van der Waals surface area contributed by atoms with Crippen LogP contribution >= 0.6 is 0 Å². The summed E-state index contributed by atoms with van der Waals surface area (Å²) in [6.45, 7) is 0. The van der Waals surface area contributed by atoms with E-state index in [1.807, 2.05) is 0 Å². The second-order valence-electron chi connectivity index (χ2n) is 16.1. The van der Waals surface area contributed by atoms with Gasteiger partial charge in [-0.2, -0.15) is 0 Å². The van der Waals surface area contributed by atoms with Gasteiger partial charge in [0.2, 0.25) is 0 Å². The minimum atomic E-state index is -0.607. The van der Waals surface area contributed by atoms with Crippen LogP contribution in [0.1, 0.15) is 96.3 Å². The molecule has 44 heavy (non-hydrogen) atoms. The van der Waals surface area contributed by atoms with Crippen molar-refractivity contribution in [1.29, 1.82) is 0 Å². The van der Waals surface area contributed by atoms with Crippen molar-refractivity contribution in [1.82, 2.24) is 42.5 Å². The number of carboxylic acids is 1. The summed E-state index contributed by atoms with van der Waals surface area (Å²) in [5.41, 5.74) is 0. The minimum absolute atomic E-state index is 0. The molecule has 0 aromatic carbocycles. The van der Waals surface area contributed by atoms with Crippen LogP contribution in [0.2, 0.25) is 0 Å². The molecule has 0 amide bonds. The molecule has 4 saturated carbocycles. The van der Waals surface area contributed by atoms with Gasteiger partial charge < -0.3 is 5.11 Å². The molecule has 4 aliphatic carbocycles. The van der Waals surface area contributed by atoms with E-state index in [4.69, 9.17) is 0 Å². The van der Waals surface area contributed by atoms with Gasteiger partial charge in [0.15, 0.2) is 0 Å². The Balaban J connectivity index is 0.00000289. The number of aliphatic carboxylic acids is 1. The van der Waals surface area contributed by atoms with Gasteiger partial charge in [0.25, 0.3) is 0 Å². The molecule has 0 aromatic heterocycles. The summed E-state index contributed by atoms with van der Waals surface area (Å²) >= 11 is 0. The number of nitrogens with one attached hydrogen (secondary N) is 8. The van der Waals surface area contributed by atoms with E-state index in [0.29, 0.717) is 66.1 Å². The fraction of sp³-hybridized carbons (Fsp3) is 0.970. The molecule has 17 atom stereocenters. The van der Waals surface area contributed by atoms with Crippen molar-refractivity contribution in [3.05, 3.63) is 0 Å². The van der Waals surface area contributed by atoms with Crippen molar-refractivity contribution < 1.29 is 29.7 Å². The summed E-state index contributed by atoms with van der Waals surface area (Å²) in [5, 5.41) is 43.3. The number of hydrogen-bond acceptors (Lipinski definition) is 9. The van der Waals surface area contributed by atoms with Crippen LogP contribution in [0.4, 0.5) is 0 Å². The van der Waals surface area contributed by atoms with Crippen molar-refractivity contribution in [3.8, 4) is 0 Å². The van der Waals surface area contributed by atoms with E-state index in [0.717, 1.165) is 19.3 Å². The van der Waals surface area contributed by atoms with E-state index < -0.39 is 5.97 Å². The quantitative estimate of drug-likeness (QED) is 0.194. The van der Waals surface area contributed by atoms with Crippen molar-refractivity contribution in [3.63, 3.8) is 0 Å². The van der Waals surface area contributed by atoms with E-state index in [2.05, 4.69) is 42.5 Å². The van der Waals surface area contributed by atoms with Crippen LogP contribution in [0, 0.1) is 53.3 Å². The Morgan fingerprint density at radius 1 is 0.386 bits per heavy atom. The third-order valence-electron chi connectivity index (χ3n) is 14.2. The molecular weight excluding hydrogens is 731 g/mol. The summed E-state index contributed by atoms with van der Waals surface area (Å²) in [6.07, 6.45) is 20.5. The SMILES string of the molecule is O=C(O)C1CCCC2C3NC4NC(NC5NC(NC6NC(NC(N3)C12)C1CCCCC61)C1CCCCC51)C1CCCCC41.[Os]. The normalized spacial score (nSPS) is 54.8. The van der Waals surface area contributed by atoms with Crippen LogP contribution in [0.5, 0.6) is 0 Å². The number of carboxylic acid groups (broad SMARTS) is 1. The van der Waals surface area contributed by atoms with Gasteiger partial charge in [0.1, 0.15) is 0 Å². The van der Waals surface area contributed by atoms with Crippen LogP contribution in [-0.4, -0.2) is 60.4 Å². The maximum absolute atomic E-state index is 12.6. The minimum Gasteiger partial charge on any atom is -0.481 e. The van der Waals surface area contributed by atoms with E-state index >= 15 is 0 Å². The van der Waals surface area contributed by atoms with Crippen molar-refractivity contribution in [2.24, 2.45) is 53.3 Å². The summed E-state index contributed by atoms with van der Waals surface area (Å²) in [5.74, 6) is 3.36. The summed E-state index contributed by atoms with van der Waals surface area (Å²) in [7, 11) is 0. The summed E-state index contributed by atoms with van der Waals surface area (Å²) in [4.78, 5) is 12.6. The predicted octanol–water partition coefficient (Wildman–Crippen LogP) is 1.91. The fourth-order valence-electron chi connectivity index (χ4n) is 12.3. The van der Waals surface area contributed by atoms with Crippen LogP contribution in [0.15, 0.2) is 0 Å². The number of carbonyl (C=O) groups is 1. The van der Waals surface area contributed by atoms with Crippen LogP contribution < -0.4 is 42.5 Å². The molecule has 11 heteroatoms. The van der Waals surface area contributed by atoms with Crippen molar-refractivity contribution >= 4 is 5.97 Å². The number of hydrogen-bond donors (Lipinski definition) is 9. The molecule has 248 valence electrons. The zero-order chi connectivity index (χ0) is 28.7. The van der Waals surface area contributed by atoms with Gasteiger partial charge in [-0.15, -0.1) is 0 Å². The Kier molecular flexibility index (Phi) is 8.95. The van der Waals surface area contributed by atoms with Gasteiger partial charge in [-0.25, -0.2) is 0 Å². The smallest absolute Gasteiger partial charge is 0.306 e. The third-order valence-corrected chi connectivity index (χ3v) is 14.2. The molecule has 5 heterocycles. The number of rotatable bonds is 1. The molecule has 8 bridgehead atoms. The van der Waals surface area contributed by atoms with Gasteiger partial charge >= 0.3 is 5.97 Å². The van der Waals surface area contributed by atoms with Gasteiger partial charge in [-0.05, 0) is 92.8 Å². The molecular formula is C33H56N8O2Os. The first-order chi connectivity index (χ1) is 21.1. The fourth-order valence-corrected chi connectivity index (χ4v) is 12.3. The zero-order valence-corrected chi connectivity index (χ0v) is 28.7. The molecule has 9 fully saturated rings. The first-order valence-electron chi connectivity index (χ1n) is 18.4. The molecule has 5 saturated heterocycles. The third kappa shape index (κ3) is 5.28. The maximum atomic E-state index is 12.6. The standard InChI is InChI=1S/C33H56N8O2.Os/c42-33(43)23-15-7-14-22-24(23)32-40-30-21-13-6-5-12-20(21)28(38-30)36-26-17-9-2-1-8-16(17)25(34-26)35-27-18-10-3-4-11-19(18)29(37-27)39-31(22)41-32;/h16-32,34-41H,1-15H2,(H,42,43);. The molecule has 0 radical (unpaired) electrons. The van der Waals surface area contributed by atoms with Crippen molar-refractivity contribution in [2.75, 3.05) is 0 Å². The first-order valence-corrected chi connectivity index (χ1v) is 18.4. The molecule has 9 aliphatic rings. The second-order valence-corrected chi connectivity index (χ2v) is 16.1. The van der Waals surface area contributed by atoms with Gasteiger partial charge in [-0.1, -0.05) is 44.9 Å². The summed E-state index contributed by atoms with van der Waals surface area (Å²) < 4.78 is 0. The van der Waals surface area contributed by atoms with Crippen LogP contribution in [-0.2, 0) is 24.6 Å². The van der Waals surface area contributed by atoms with Crippen LogP contribution in [0.3, 0.4) is 0 Å². The van der Waals surface area contributed by atoms with Gasteiger partial charge in [-0.3, -0.25) is 47.3 Å². The Morgan fingerprint density at radius 3 is 0.977 bits per heavy atom. The monoisotopic (exact) mass is 788 g/mol. The van der Waals surface area contributed by atoms with Crippen molar-refractivity contribution in [2.45, 2.75) is 146 Å². The average Bonchev–Trinajstić information content (AvgIpc) is 3.76. The molecule has 0 spiro atoms.